The van der Waals surface area contributed by atoms with Crippen LogP contribution in [0.5, 0.6) is 0 Å². The Morgan fingerprint density at radius 2 is 1.40 bits per heavy atom. The second kappa shape index (κ2) is 4.74. The lowest BCUT2D eigenvalue weighted by molar-refractivity contribution is 1.05. The molecule has 56 valence electrons. The maximum Gasteiger partial charge on any atom is 0.0212 e. The number of hydrogen-bond donors (Lipinski definition) is 0. The van der Waals surface area contributed by atoms with Crippen LogP contribution < -0.4 is 0 Å². The van der Waals surface area contributed by atoms with E-state index in [1.165, 1.54) is 21.7 Å². The van der Waals surface area contributed by atoms with Gasteiger partial charge in [0.1, 0.15) is 0 Å². The van der Waals surface area contributed by atoms with Crippen LogP contribution in [0.3, 0.4) is 0 Å². The van der Waals surface area contributed by atoms with Gasteiger partial charge in [-0.15, -0.1) is 0 Å². The van der Waals surface area contributed by atoms with Gasteiger partial charge < -0.3 is 0 Å². The predicted molar refractivity (Wildman–Crippen MR) is 63.2 cm³/mol. The third-order valence-electron chi connectivity index (χ3n) is 1.72. The Kier molecular flexibility index (Phi) is 4.28. The highest BCUT2D eigenvalue weighted by molar-refractivity contribution is 14.1. The molecule has 0 radical (unpaired) electrons. The van der Waals surface area contributed by atoms with E-state index in [-0.39, 0.29) is 0 Å². The molecule has 0 heterocycles. The van der Waals surface area contributed by atoms with Crippen molar-refractivity contribution in [3.63, 3.8) is 0 Å². The third-order valence-corrected chi connectivity index (χ3v) is 3.56. The Labute approximate surface area is 89.4 Å². The maximum atomic E-state index is 2.45. The molecule has 0 spiro atoms. The molecule has 0 amide bonds. The molecule has 1 aliphatic rings. The molecule has 2 heteroatoms. The summed E-state index contributed by atoms with van der Waals surface area (Å²) in [7, 11) is 0. The van der Waals surface area contributed by atoms with Crippen molar-refractivity contribution in [2.45, 2.75) is 12.8 Å². The Bertz CT molecular complexity index is 150. The molecule has 10 heavy (non-hydrogen) atoms. The number of rotatable bonds is 2. The van der Waals surface area contributed by atoms with Crippen molar-refractivity contribution >= 4 is 45.2 Å². The highest BCUT2D eigenvalue weighted by Crippen LogP contribution is 2.22. The molecule has 0 fully saturated rings. The van der Waals surface area contributed by atoms with E-state index < -0.39 is 0 Å². The van der Waals surface area contributed by atoms with Crippen molar-refractivity contribution in [1.29, 1.82) is 0 Å². The van der Waals surface area contributed by atoms with Gasteiger partial charge in [0.25, 0.3) is 0 Å². The highest BCUT2D eigenvalue weighted by Gasteiger charge is 2.05. The van der Waals surface area contributed by atoms with Gasteiger partial charge in [-0.2, -0.15) is 0 Å². The van der Waals surface area contributed by atoms with Crippen LogP contribution in [-0.4, -0.2) is 8.86 Å². The van der Waals surface area contributed by atoms with Crippen LogP contribution in [0.1, 0.15) is 12.8 Å². The molecule has 1 rings (SSSR count). The van der Waals surface area contributed by atoms with Gasteiger partial charge in [0.05, 0.1) is 0 Å². The summed E-state index contributed by atoms with van der Waals surface area (Å²) in [4.78, 5) is 0. The molecule has 0 unspecified atom stereocenters. The first kappa shape index (κ1) is 9.03. The molecule has 0 saturated carbocycles. The van der Waals surface area contributed by atoms with E-state index in [1.54, 1.807) is 11.1 Å². The lowest BCUT2D eigenvalue weighted by Crippen LogP contribution is -1.97. The van der Waals surface area contributed by atoms with Gasteiger partial charge in [-0.3, -0.25) is 0 Å². The van der Waals surface area contributed by atoms with Crippen LogP contribution in [0.4, 0.5) is 0 Å². The third kappa shape index (κ3) is 2.22. The summed E-state index contributed by atoms with van der Waals surface area (Å²) < 4.78 is 2.42. The van der Waals surface area contributed by atoms with Crippen LogP contribution in [0.15, 0.2) is 23.3 Å². The average molecular weight is 360 g/mol. The zero-order valence-electron chi connectivity index (χ0n) is 5.74. The van der Waals surface area contributed by atoms with Gasteiger partial charge in [-0.05, 0) is 12.8 Å². The minimum atomic E-state index is 1.20. The second-order valence-corrected chi connectivity index (χ2v) is 3.88. The highest BCUT2D eigenvalue weighted by atomic mass is 127. The van der Waals surface area contributed by atoms with Crippen LogP contribution >= 0.6 is 45.2 Å². The first-order valence-electron chi connectivity index (χ1n) is 3.35. The minimum absolute atomic E-state index is 1.20. The van der Waals surface area contributed by atoms with E-state index in [0.717, 1.165) is 0 Å². The number of halogens is 2. The molecule has 0 aliphatic heterocycles. The van der Waals surface area contributed by atoms with E-state index in [1.807, 2.05) is 0 Å². The van der Waals surface area contributed by atoms with E-state index in [2.05, 4.69) is 57.3 Å². The minimum Gasteiger partial charge on any atom is -0.0841 e. The summed E-state index contributed by atoms with van der Waals surface area (Å²) in [6.07, 6.45) is 6.95. The predicted octanol–water partition coefficient (Wildman–Crippen LogP) is 3.50. The molecule has 0 aromatic heterocycles. The first-order valence-corrected chi connectivity index (χ1v) is 6.40. The van der Waals surface area contributed by atoms with E-state index >= 15 is 0 Å². The van der Waals surface area contributed by atoms with E-state index in [9.17, 15) is 0 Å². The molecular formula is C8H10I2. The largest absolute Gasteiger partial charge is 0.0841 e. The standard InChI is InChI=1S/C8H10I2/c9-5-7-3-1-2-4-8(7)6-10/h1-2H,3-6H2. The van der Waals surface area contributed by atoms with Gasteiger partial charge in [0.2, 0.25) is 0 Å². The molecular weight excluding hydrogens is 350 g/mol. The normalized spacial score (nSPS) is 18.2. The van der Waals surface area contributed by atoms with Crippen molar-refractivity contribution in [3.8, 4) is 0 Å². The average Bonchev–Trinajstić information content (AvgIpc) is 2.04. The summed E-state index contributed by atoms with van der Waals surface area (Å²) >= 11 is 4.90. The van der Waals surface area contributed by atoms with Gasteiger partial charge in [0.15, 0.2) is 0 Å². The van der Waals surface area contributed by atoms with Crippen molar-refractivity contribution in [2.24, 2.45) is 0 Å². The molecule has 0 saturated heterocycles. The Morgan fingerprint density at radius 3 is 1.70 bits per heavy atom. The molecule has 0 aromatic carbocycles. The molecule has 0 bridgehead atoms. The zero-order valence-corrected chi connectivity index (χ0v) is 10.1. The topological polar surface area (TPSA) is 0 Å². The second-order valence-electron chi connectivity index (χ2n) is 2.35. The first-order chi connectivity index (χ1) is 4.88. The van der Waals surface area contributed by atoms with Crippen LogP contribution in [0, 0.1) is 0 Å². The summed E-state index contributed by atoms with van der Waals surface area (Å²) in [6, 6.07) is 0. The van der Waals surface area contributed by atoms with Gasteiger partial charge >= 0.3 is 0 Å². The van der Waals surface area contributed by atoms with Crippen LogP contribution in [0.2, 0.25) is 0 Å². The van der Waals surface area contributed by atoms with Crippen LogP contribution in [0.25, 0.3) is 0 Å². The van der Waals surface area contributed by atoms with E-state index in [4.69, 9.17) is 0 Å². The van der Waals surface area contributed by atoms with Crippen molar-refractivity contribution in [3.05, 3.63) is 23.3 Å². The number of allylic oxidation sites excluding steroid dienone is 4. The van der Waals surface area contributed by atoms with Crippen LogP contribution in [-0.2, 0) is 0 Å². The van der Waals surface area contributed by atoms with Gasteiger partial charge in [-0.25, -0.2) is 0 Å². The number of hydrogen-bond acceptors (Lipinski definition) is 0. The molecule has 0 aromatic rings. The summed E-state index contributed by atoms with van der Waals surface area (Å²) in [5.41, 5.74) is 3.30. The summed E-state index contributed by atoms with van der Waals surface area (Å²) in [6.45, 7) is 0. The smallest absolute Gasteiger partial charge is 0.0212 e. The lowest BCUT2D eigenvalue weighted by Gasteiger charge is -2.11. The SMILES string of the molecule is ICC1=C(CI)CC=CC1. The summed E-state index contributed by atoms with van der Waals surface area (Å²) in [5, 5.41) is 0. The fourth-order valence-electron chi connectivity index (χ4n) is 1.04. The Morgan fingerprint density at radius 1 is 1.00 bits per heavy atom. The fourth-order valence-corrected chi connectivity index (χ4v) is 2.74. The molecule has 0 N–H and O–H groups in total. The molecule has 1 aliphatic carbocycles. The Balaban J connectivity index is 2.66. The number of alkyl halides is 2. The quantitative estimate of drug-likeness (QED) is 0.402. The Hall–Kier alpha value is 0.940. The van der Waals surface area contributed by atoms with Crippen molar-refractivity contribution in [1.82, 2.24) is 0 Å². The van der Waals surface area contributed by atoms with Crippen molar-refractivity contribution < 1.29 is 0 Å². The molecule has 0 nitrogen and oxygen atoms in total. The maximum absolute atomic E-state index is 2.45. The fraction of sp³-hybridized carbons (Fsp3) is 0.500. The zero-order chi connectivity index (χ0) is 7.40. The lowest BCUT2D eigenvalue weighted by atomic mass is 10.0. The van der Waals surface area contributed by atoms with Crippen molar-refractivity contribution in [2.75, 3.05) is 8.86 Å². The van der Waals surface area contributed by atoms with E-state index in [0.29, 0.717) is 0 Å². The monoisotopic (exact) mass is 360 g/mol. The van der Waals surface area contributed by atoms with Gasteiger partial charge in [-0.1, -0.05) is 68.5 Å². The summed E-state index contributed by atoms with van der Waals surface area (Å²) in [5.74, 6) is 0. The molecule has 0 atom stereocenters. The van der Waals surface area contributed by atoms with Gasteiger partial charge in [0, 0.05) is 8.86 Å².